The number of pyridine rings is 1. The number of anilines is 1. The fourth-order valence-electron chi connectivity index (χ4n) is 3.92. The Hall–Kier alpha value is -2.53. The highest BCUT2D eigenvalue weighted by molar-refractivity contribution is 5.59. The van der Waals surface area contributed by atoms with Crippen molar-refractivity contribution in [3.63, 3.8) is 0 Å². The van der Waals surface area contributed by atoms with E-state index in [1.165, 1.54) is 16.9 Å². The average molecular weight is 350 g/mol. The standard InChI is InChI=1S/C21H26N4O/c1-16-14-24(20-9-4-5-10-21(20)26-3)13-12-23(16)15-18-19-8-6-7-11-25(19)17(2)22-18/h4-11,16H,12-15H2,1-3H3. The number of aromatic nitrogens is 2. The maximum absolute atomic E-state index is 5.54. The Labute approximate surface area is 154 Å². The van der Waals surface area contributed by atoms with Crippen molar-refractivity contribution in [2.45, 2.75) is 26.4 Å². The van der Waals surface area contributed by atoms with E-state index in [1.807, 2.05) is 12.1 Å². The van der Waals surface area contributed by atoms with E-state index in [2.05, 4.69) is 64.6 Å². The Morgan fingerprint density at radius 1 is 1.12 bits per heavy atom. The van der Waals surface area contributed by atoms with Crippen LogP contribution in [0.5, 0.6) is 5.75 Å². The summed E-state index contributed by atoms with van der Waals surface area (Å²) in [5.41, 5.74) is 3.56. The first-order valence-electron chi connectivity index (χ1n) is 9.22. The summed E-state index contributed by atoms with van der Waals surface area (Å²) < 4.78 is 7.71. The number of benzene rings is 1. The summed E-state index contributed by atoms with van der Waals surface area (Å²) in [6.45, 7) is 8.26. The summed E-state index contributed by atoms with van der Waals surface area (Å²) in [7, 11) is 1.74. The third kappa shape index (κ3) is 3.03. The van der Waals surface area contributed by atoms with Crippen LogP contribution in [-0.4, -0.2) is 47.1 Å². The number of fused-ring (bicyclic) bond motifs is 1. The van der Waals surface area contributed by atoms with E-state index in [1.54, 1.807) is 7.11 Å². The molecule has 26 heavy (non-hydrogen) atoms. The number of ether oxygens (including phenoxy) is 1. The van der Waals surface area contributed by atoms with E-state index in [0.717, 1.165) is 37.8 Å². The third-order valence-corrected chi connectivity index (χ3v) is 5.34. The molecule has 1 fully saturated rings. The van der Waals surface area contributed by atoms with E-state index in [9.17, 15) is 0 Å². The highest BCUT2D eigenvalue weighted by atomic mass is 16.5. The zero-order valence-corrected chi connectivity index (χ0v) is 15.7. The zero-order valence-electron chi connectivity index (χ0n) is 15.7. The molecule has 0 radical (unpaired) electrons. The van der Waals surface area contributed by atoms with Crippen LogP contribution in [0.25, 0.3) is 5.52 Å². The summed E-state index contributed by atoms with van der Waals surface area (Å²) in [5.74, 6) is 2.00. The lowest BCUT2D eigenvalue weighted by atomic mass is 10.1. The molecule has 0 N–H and O–H groups in total. The van der Waals surface area contributed by atoms with Gasteiger partial charge in [-0.15, -0.1) is 0 Å². The second kappa shape index (κ2) is 7.00. The van der Waals surface area contributed by atoms with E-state index in [4.69, 9.17) is 9.72 Å². The molecule has 136 valence electrons. The molecular weight excluding hydrogens is 324 g/mol. The minimum atomic E-state index is 0.453. The quantitative estimate of drug-likeness (QED) is 0.722. The number of para-hydroxylation sites is 2. The van der Waals surface area contributed by atoms with Gasteiger partial charge in [0.1, 0.15) is 11.6 Å². The molecule has 0 spiro atoms. The monoisotopic (exact) mass is 350 g/mol. The third-order valence-electron chi connectivity index (χ3n) is 5.34. The summed E-state index contributed by atoms with van der Waals surface area (Å²) in [5, 5.41) is 0. The summed E-state index contributed by atoms with van der Waals surface area (Å²) in [6.07, 6.45) is 2.09. The second-order valence-electron chi connectivity index (χ2n) is 7.00. The number of imidazole rings is 1. The molecule has 1 saturated heterocycles. The average Bonchev–Trinajstić information content (AvgIpc) is 2.99. The molecule has 5 nitrogen and oxygen atoms in total. The van der Waals surface area contributed by atoms with Crippen LogP contribution in [-0.2, 0) is 6.54 Å². The molecular formula is C21H26N4O. The predicted molar refractivity (Wildman–Crippen MR) is 105 cm³/mol. The second-order valence-corrected chi connectivity index (χ2v) is 7.00. The molecule has 4 rings (SSSR count). The SMILES string of the molecule is COc1ccccc1N1CCN(Cc2nc(C)n3ccccc23)C(C)C1. The number of hydrogen-bond donors (Lipinski definition) is 0. The predicted octanol–water partition coefficient (Wildman–Crippen LogP) is 3.36. The Morgan fingerprint density at radius 2 is 1.92 bits per heavy atom. The molecule has 0 amide bonds. The van der Waals surface area contributed by atoms with Crippen LogP contribution in [0, 0.1) is 6.92 Å². The zero-order chi connectivity index (χ0) is 18.1. The fraction of sp³-hybridized carbons (Fsp3) is 0.381. The van der Waals surface area contributed by atoms with Crippen LogP contribution >= 0.6 is 0 Å². The van der Waals surface area contributed by atoms with Crippen LogP contribution < -0.4 is 9.64 Å². The number of methoxy groups -OCH3 is 1. The fourth-order valence-corrected chi connectivity index (χ4v) is 3.92. The van der Waals surface area contributed by atoms with E-state index >= 15 is 0 Å². The minimum absolute atomic E-state index is 0.453. The smallest absolute Gasteiger partial charge is 0.142 e. The number of hydrogen-bond acceptors (Lipinski definition) is 4. The lowest BCUT2D eigenvalue weighted by molar-refractivity contribution is 0.179. The van der Waals surface area contributed by atoms with Gasteiger partial charge in [-0.3, -0.25) is 4.90 Å². The topological polar surface area (TPSA) is 33.0 Å². The van der Waals surface area contributed by atoms with Gasteiger partial charge in [-0.2, -0.15) is 0 Å². The Balaban J connectivity index is 1.51. The molecule has 0 bridgehead atoms. The number of rotatable bonds is 4. The Morgan fingerprint density at radius 3 is 2.73 bits per heavy atom. The van der Waals surface area contributed by atoms with Crippen LogP contribution in [0.2, 0.25) is 0 Å². The van der Waals surface area contributed by atoms with Crippen LogP contribution in [0.15, 0.2) is 48.7 Å². The van der Waals surface area contributed by atoms with E-state index in [-0.39, 0.29) is 0 Å². The Bertz CT molecular complexity index is 904. The first-order chi connectivity index (χ1) is 12.7. The minimum Gasteiger partial charge on any atom is -0.495 e. The molecule has 5 heteroatoms. The molecule has 1 aliphatic heterocycles. The van der Waals surface area contributed by atoms with Crippen molar-refractivity contribution in [3.05, 3.63) is 60.2 Å². The van der Waals surface area contributed by atoms with Crippen molar-refractivity contribution >= 4 is 11.2 Å². The maximum atomic E-state index is 5.54. The van der Waals surface area contributed by atoms with E-state index in [0.29, 0.717) is 6.04 Å². The molecule has 3 aromatic rings. The molecule has 1 atom stereocenters. The van der Waals surface area contributed by atoms with E-state index < -0.39 is 0 Å². The van der Waals surface area contributed by atoms with Crippen molar-refractivity contribution in [2.75, 3.05) is 31.6 Å². The summed E-state index contributed by atoms with van der Waals surface area (Å²) in [6, 6.07) is 15.0. The molecule has 1 aromatic carbocycles. The first kappa shape index (κ1) is 16.9. The van der Waals surface area contributed by atoms with Gasteiger partial charge >= 0.3 is 0 Å². The number of piperazine rings is 1. The van der Waals surface area contributed by atoms with Crippen molar-refractivity contribution in [1.29, 1.82) is 0 Å². The maximum Gasteiger partial charge on any atom is 0.142 e. The van der Waals surface area contributed by atoms with Crippen LogP contribution in [0.4, 0.5) is 5.69 Å². The molecule has 0 saturated carbocycles. The molecule has 0 aliphatic carbocycles. The van der Waals surface area contributed by atoms with Gasteiger partial charge in [-0.25, -0.2) is 4.98 Å². The highest BCUT2D eigenvalue weighted by Gasteiger charge is 2.26. The molecule has 1 aliphatic rings. The number of aryl methyl sites for hydroxylation is 1. The lowest BCUT2D eigenvalue weighted by Crippen LogP contribution is -2.51. The van der Waals surface area contributed by atoms with Crippen LogP contribution in [0.1, 0.15) is 18.4 Å². The van der Waals surface area contributed by atoms with Gasteiger partial charge in [0.15, 0.2) is 0 Å². The van der Waals surface area contributed by atoms with Gasteiger partial charge in [0.05, 0.1) is 24.0 Å². The summed E-state index contributed by atoms with van der Waals surface area (Å²) in [4.78, 5) is 9.77. The van der Waals surface area contributed by atoms with Gasteiger partial charge in [0.25, 0.3) is 0 Å². The van der Waals surface area contributed by atoms with Gasteiger partial charge in [0.2, 0.25) is 0 Å². The van der Waals surface area contributed by atoms with Crippen molar-refractivity contribution in [1.82, 2.24) is 14.3 Å². The molecule has 2 aromatic heterocycles. The van der Waals surface area contributed by atoms with Gasteiger partial charge in [-0.1, -0.05) is 18.2 Å². The van der Waals surface area contributed by atoms with Gasteiger partial charge < -0.3 is 14.0 Å². The first-order valence-corrected chi connectivity index (χ1v) is 9.22. The Kier molecular flexibility index (Phi) is 4.55. The molecule has 3 heterocycles. The largest absolute Gasteiger partial charge is 0.495 e. The number of nitrogens with zero attached hydrogens (tertiary/aromatic N) is 4. The van der Waals surface area contributed by atoms with Crippen molar-refractivity contribution < 1.29 is 4.74 Å². The van der Waals surface area contributed by atoms with Crippen molar-refractivity contribution in [2.24, 2.45) is 0 Å². The normalized spacial score (nSPS) is 18.4. The lowest BCUT2D eigenvalue weighted by Gasteiger charge is -2.41. The van der Waals surface area contributed by atoms with Crippen LogP contribution in [0.3, 0.4) is 0 Å². The van der Waals surface area contributed by atoms with Gasteiger partial charge in [-0.05, 0) is 38.1 Å². The highest BCUT2D eigenvalue weighted by Crippen LogP contribution is 2.30. The van der Waals surface area contributed by atoms with Crippen molar-refractivity contribution in [3.8, 4) is 5.75 Å². The van der Waals surface area contributed by atoms with Gasteiger partial charge in [0, 0.05) is 38.4 Å². The summed E-state index contributed by atoms with van der Waals surface area (Å²) >= 11 is 0. The molecule has 1 unspecified atom stereocenters.